The van der Waals surface area contributed by atoms with Crippen molar-refractivity contribution < 1.29 is 29.0 Å². The van der Waals surface area contributed by atoms with Gasteiger partial charge in [0, 0.05) is 24.8 Å². The topological polar surface area (TPSA) is 89.9 Å². The van der Waals surface area contributed by atoms with Gasteiger partial charge in [-0.05, 0) is 68.3 Å². The fourth-order valence-corrected chi connectivity index (χ4v) is 8.04. The van der Waals surface area contributed by atoms with Gasteiger partial charge in [-0.15, -0.1) is 0 Å². The van der Waals surface area contributed by atoms with Gasteiger partial charge in [-0.2, -0.15) is 0 Å². The molecule has 0 saturated heterocycles. The van der Waals surface area contributed by atoms with Crippen molar-refractivity contribution in [2.24, 2.45) is 28.6 Å². The van der Waals surface area contributed by atoms with Crippen LogP contribution in [0.25, 0.3) is 0 Å². The van der Waals surface area contributed by atoms with E-state index in [4.69, 9.17) is 9.47 Å². The first-order chi connectivity index (χ1) is 14.7. The number of hydrogen-bond donors (Lipinski definition) is 1. The molecule has 5 aliphatic rings. The summed E-state index contributed by atoms with van der Waals surface area (Å²) in [6.45, 7) is 3.94. The molecule has 7 atom stereocenters. The summed E-state index contributed by atoms with van der Waals surface area (Å²) in [5.41, 5.74) is 0.373. The highest BCUT2D eigenvalue weighted by Gasteiger charge is 2.67. The molecule has 0 aromatic heterocycles. The van der Waals surface area contributed by atoms with E-state index in [-0.39, 0.29) is 41.2 Å². The van der Waals surface area contributed by atoms with Crippen molar-refractivity contribution in [3.8, 4) is 0 Å². The van der Waals surface area contributed by atoms with Crippen molar-refractivity contribution >= 4 is 18.2 Å². The number of rotatable bonds is 3. The molecule has 1 aliphatic heterocycles. The van der Waals surface area contributed by atoms with Gasteiger partial charge in [-0.1, -0.05) is 18.6 Å². The molecule has 3 fully saturated rings. The molecular weight excluding hydrogens is 396 g/mol. The van der Waals surface area contributed by atoms with E-state index in [1.165, 1.54) is 6.92 Å². The lowest BCUT2D eigenvalue weighted by Gasteiger charge is -2.60. The second kappa shape index (κ2) is 7.03. The van der Waals surface area contributed by atoms with Gasteiger partial charge >= 0.3 is 11.9 Å². The Hall–Kier alpha value is -1.95. The van der Waals surface area contributed by atoms with E-state index in [1.807, 2.05) is 0 Å². The van der Waals surface area contributed by atoms with Crippen LogP contribution in [0.1, 0.15) is 65.2 Å². The molecule has 7 unspecified atom stereocenters. The summed E-state index contributed by atoms with van der Waals surface area (Å²) in [6.07, 6.45) is 10.7. The summed E-state index contributed by atoms with van der Waals surface area (Å²) in [5, 5.41) is 12.2. The Morgan fingerprint density at radius 1 is 1.23 bits per heavy atom. The molecule has 0 amide bonds. The average molecular weight is 429 g/mol. The third-order valence-electron chi connectivity index (χ3n) is 9.53. The molecule has 168 valence electrons. The molecule has 1 N–H and O–H groups in total. The third kappa shape index (κ3) is 2.83. The van der Waals surface area contributed by atoms with Crippen LogP contribution >= 0.6 is 0 Å². The Morgan fingerprint density at radius 3 is 2.71 bits per heavy atom. The Bertz CT molecular complexity index is 888. The maximum absolute atomic E-state index is 12.6. The quantitative estimate of drug-likeness (QED) is 0.422. The van der Waals surface area contributed by atoms with E-state index >= 15 is 0 Å². The normalized spacial score (nSPS) is 46.1. The van der Waals surface area contributed by atoms with Crippen molar-refractivity contribution in [3.05, 3.63) is 23.3 Å². The van der Waals surface area contributed by atoms with E-state index < -0.39 is 11.0 Å². The third-order valence-corrected chi connectivity index (χ3v) is 9.53. The fraction of sp³-hybridized carbons (Fsp3) is 0.720. The minimum Gasteiger partial charge on any atom is -0.462 e. The number of fused-ring (bicyclic) bond motifs is 5. The van der Waals surface area contributed by atoms with E-state index in [2.05, 4.69) is 13.0 Å². The molecule has 0 spiro atoms. The summed E-state index contributed by atoms with van der Waals surface area (Å²) >= 11 is 0. The molecule has 3 saturated carbocycles. The molecule has 0 radical (unpaired) electrons. The summed E-state index contributed by atoms with van der Waals surface area (Å²) in [6, 6.07) is 0. The number of carbonyl (C=O) groups is 3. The predicted molar refractivity (Wildman–Crippen MR) is 112 cm³/mol. The van der Waals surface area contributed by atoms with Crippen LogP contribution in [0.3, 0.4) is 0 Å². The summed E-state index contributed by atoms with van der Waals surface area (Å²) in [4.78, 5) is 35.7. The van der Waals surface area contributed by atoms with Crippen molar-refractivity contribution in [1.82, 2.24) is 0 Å². The molecular formula is C25H32O6. The maximum atomic E-state index is 12.6. The van der Waals surface area contributed by atoms with Crippen molar-refractivity contribution in [3.63, 3.8) is 0 Å². The van der Waals surface area contributed by atoms with Gasteiger partial charge < -0.3 is 19.4 Å². The van der Waals surface area contributed by atoms with Crippen LogP contribution in [0.15, 0.2) is 23.3 Å². The molecule has 5 rings (SSSR count). The van der Waals surface area contributed by atoms with Crippen LogP contribution in [-0.2, 0) is 23.9 Å². The van der Waals surface area contributed by atoms with Crippen LogP contribution in [0.5, 0.6) is 0 Å². The largest absolute Gasteiger partial charge is 0.462 e. The van der Waals surface area contributed by atoms with Gasteiger partial charge in [-0.3, -0.25) is 4.79 Å². The minimum absolute atomic E-state index is 0.0223. The van der Waals surface area contributed by atoms with Gasteiger partial charge in [0.05, 0.1) is 11.0 Å². The number of ether oxygens (including phenoxy) is 2. The number of hydrogen-bond acceptors (Lipinski definition) is 6. The monoisotopic (exact) mass is 428 g/mol. The molecule has 6 heteroatoms. The van der Waals surface area contributed by atoms with Gasteiger partial charge in [0.25, 0.3) is 0 Å². The first-order valence-corrected chi connectivity index (χ1v) is 11.7. The standard InChI is InChI=1S/C25H32O6/c1-15(27)31-18-5-9-24(14-26)17(12-18)3-4-21-20(24)6-8-23(2)19(7-10-25(21,23)29)16-11-22(28)30-13-16/h3,11,14,18-21,29H,4-10,12-13H2,1-2H3. The van der Waals surface area contributed by atoms with E-state index in [1.54, 1.807) is 6.08 Å². The summed E-state index contributed by atoms with van der Waals surface area (Å²) < 4.78 is 10.6. The average Bonchev–Trinajstić information content (AvgIpc) is 3.27. The predicted octanol–water partition coefficient (Wildman–Crippen LogP) is 3.27. The molecule has 31 heavy (non-hydrogen) atoms. The Morgan fingerprint density at radius 2 is 2.03 bits per heavy atom. The SMILES string of the molecule is CC(=O)OC1CCC2(C=O)C(=CCC3C2CCC2(C)C(C4=CC(=O)OC4)CCC32O)C1. The van der Waals surface area contributed by atoms with Crippen molar-refractivity contribution in [1.29, 1.82) is 0 Å². The first kappa shape index (κ1) is 20.9. The molecule has 6 nitrogen and oxygen atoms in total. The highest BCUT2D eigenvalue weighted by atomic mass is 16.5. The Labute approximate surface area is 183 Å². The zero-order valence-corrected chi connectivity index (χ0v) is 18.4. The van der Waals surface area contributed by atoms with Crippen LogP contribution < -0.4 is 0 Å². The van der Waals surface area contributed by atoms with Gasteiger partial charge in [0.15, 0.2) is 0 Å². The molecule has 1 heterocycles. The highest BCUT2D eigenvalue weighted by Crippen LogP contribution is 2.68. The zero-order chi connectivity index (χ0) is 22.0. The lowest BCUT2D eigenvalue weighted by atomic mass is 9.45. The second-order valence-corrected chi connectivity index (χ2v) is 10.6. The van der Waals surface area contributed by atoms with E-state index in [0.29, 0.717) is 32.3 Å². The lowest BCUT2D eigenvalue weighted by Crippen LogP contribution is -2.61. The Balaban J connectivity index is 1.47. The molecule has 4 aliphatic carbocycles. The lowest BCUT2D eigenvalue weighted by molar-refractivity contribution is -0.179. The van der Waals surface area contributed by atoms with Gasteiger partial charge in [-0.25, -0.2) is 4.79 Å². The van der Waals surface area contributed by atoms with E-state index in [0.717, 1.165) is 43.1 Å². The number of carbonyl (C=O) groups excluding carboxylic acids is 3. The smallest absolute Gasteiger partial charge is 0.331 e. The minimum atomic E-state index is -0.863. The highest BCUT2D eigenvalue weighted by molar-refractivity contribution is 5.85. The van der Waals surface area contributed by atoms with Crippen molar-refractivity contribution in [2.75, 3.05) is 6.61 Å². The first-order valence-electron chi connectivity index (χ1n) is 11.7. The second-order valence-electron chi connectivity index (χ2n) is 10.6. The molecule has 0 bridgehead atoms. The van der Waals surface area contributed by atoms with Crippen molar-refractivity contribution in [2.45, 2.75) is 76.9 Å². The zero-order valence-electron chi connectivity index (χ0n) is 18.4. The van der Waals surface area contributed by atoms with Crippen LogP contribution in [0.2, 0.25) is 0 Å². The molecule has 0 aromatic carbocycles. The summed E-state index contributed by atoms with van der Waals surface area (Å²) in [5.74, 6) is -0.287. The van der Waals surface area contributed by atoms with Crippen LogP contribution in [0, 0.1) is 28.6 Å². The van der Waals surface area contributed by atoms with Crippen LogP contribution in [0.4, 0.5) is 0 Å². The van der Waals surface area contributed by atoms with Crippen LogP contribution in [-0.4, -0.2) is 41.6 Å². The Kier molecular flexibility index (Phi) is 4.74. The van der Waals surface area contributed by atoms with E-state index in [9.17, 15) is 19.5 Å². The fourth-order valence-electron chi connectivity index (χ4n) is 8.04. The number of esters is 2. The number of cyclic esters (lactones) is 1. The summed E-state index contributed by atoms with van der Waals surface area (Å²) in [7, 11) is 0. The van der Waals surface area contributed by atoms with Gasteiger partial charge in [0.2, 0.25) is 0 Å². The number of aldehydes is 1. The maximum Gasteiger partial charge on any atom is 0.331 e. The number of allylic oxidation sites excluding steroid dienone is 1. The molecule has 0 aromatic rings. The number of aliphatic hydroxyl groups is 1. The van der Waals surface area contributed by atoms with Gasteiger partial charge in [0.1, 0.15) is 19.0 Å².